The van der Waals surface area contributed by atoms with Crippen LogP contribution in [0.5, 0.6) is 0 Å². The summed E-state index contributed by atoms with van der Waals surface area (Å²) in [6.07, 6.45) is 2.92. The molecule has 0 spiro atoms. The minimum atomic E-state index is 0.332. The molecule has 2 saturated heterocycles. The largest absolute Gasteiger partial charge is 0.338 e. The molecule has 19 heavy (non-hydrogen) atoms. The first-order chi connectivity index (χ1) is 9.22. The van der Waals surface area contributed by atoms with Gasteiger partial charge in [0.05, 0.1) is 0 Å². The third-order valence-corrected chi connectivity index (χ3v) is 5.54. The molecule has 3 heterocycles. The predicted molar refractivity (Wildman–Crippen MR) is 81.7 cm³/mol. The van der Waals surface area contributed by atoms with Crippen molar-refractivity contribution in [1.29, 1.82) is 0 Å². The molecule has 0 aliphatic carbocycles. The standard InChI is InChI=1S/C14H19BrN2OS/c15-11-8-14(18)17(9-11)12-3-5-16(6-4-12)10-13-2-1-7-19-13/h1-2,7,11-12H,3-6,8-10H2. The van der Waals surface area contributed by atoms with E-state index in [4.69, 9.17) is 0 Å². The van der Waals surface area contributed by atoms with Gasteiger partial charge >= 0.3 is 0 Å². The number of amides is 1. The smallest absolute Gasteiger partial charge is 0.224 e. The number of thiophene rings is 1. The van der Waals surface area contributed by atoms with Crippen molar-refractivity contribution in [2.45, 2.75) is 36.7 Å². The molecule has 2 aliphatic heterocycles. The van der Waals surface area contributed by atoms with Gasteiger partial charge in [-0.3, -0.25) is 9.69 Å². The second kappa shape index (κ2) is 5.94. The highest BCUT2D eigenvalue weighted by molar-refractivity contribution is 9.09. The molecule has 5 heteroatoms. The molecule has 3 nitrogen and oxygen atoms in total. The third kappa shape index (κ3) is 3.20. The Morgan fingerprint density at radius 2 is 2.16 bits per heavy atom. The molecule has 1 amide bonds. The van der Waals surface area contributed by atoms with Crippen LogP contribution >= 0.6 is 27.3 Å². The van der Waals surface area contributed by atoms with Crippen LogP contribution in [0.2, 0.25) is 0 Å². The Balaban J connectivity index is 1.51. The molecular weight excluding hydrogens is 324 g/mol. The third-order valence-electron chi connectivity index (χ3n) is 4.07. The van der Waals surface area contributed by atoms with Crippen molar-refractivity contribution < 1.29 is 4.79 Å². The van der Waals surface area contributed by atoms with Crippen molar-refractivity contribution in [3.8, 4) is 0 Å². The number of nitrogens with zero attached hydrogens (tertiary/aromatic N) is 2. The fraction of sp³-hybridized carbons (Fsp3) is 0.643. The fourth-order valence-electron chi connectivity index (χ4n) is 3.05. The van der Waals surface area contributed by atoms with Gasteiger partial charge in [-0.15, -0.1) is 11.3 Å². The Hall–Kier alpha value is -0.390. The predicted octanol–water partition coefficient (Wildman–Crippen LogP) is 2.71. The lowest BCUT2D eigenvalue weighted by molar-refractivity contribution is -0.130. The number of likely N-dealkylation sites (tertiary alicyclic amines) is 2. The maximum Gasteiger partial charge on any atom is 0.224 e. The minimum Gasteiger partial charge on any atom is -0.338 e. The summed E-state index contributed by atoms with van der Waals surface area (Å²) < 4.78 is 0. The summed E-state index contributed by atoms with van der Waals surface area (Å²) >= 11 is 5.40. The maximum absolute atomic E-state index is 11.9. The van der Waals surface area contributed by atoms with Crippen LogP contribution in [-0.2, 0) is 11.3 Å². The highest BCUT2D eigenvalue weighted by Crippen LogP contribution is 2.26. The van der Waals surface area contributed by atoms with E-state index in [1.807, 2.05) is 11.3 Å². The van der Waals surface area contributed by atoms with Gasteiger partial charge in [-0.05, 0) is 24.3 Å². The fourth-order valence-corrected chi connectivity index (χ4v) is 4.39. The second-order valence-corrected chi connectivity index (χ2v) is 7.76. The molecule has 0 saturated carbocycles. The van der Waals surface area contributed by atoms with E-state index < -0.39 is 0 Å². The van der Waals surface area contributed by atoms with Gasteiger partial charge in [0.2, 0.25) is 5.91 Å². The zero-order valence-electron chi connectivity index (χ0n) is 10.9. The van der Waals surface area contributed by atoms with E-state index in [-0.39, 0.29) is 0 Å². The van der Waals surface area contributed by atoms with Gasteiger partial charge in [-0.2, -0.15) is 0 Å². The monoisotopic (exact) mass is 342 g/mol. The van der Waals surface area contributed by atoms with Gasteiger partial charge in [0.1, 0.15) is 0 Å². The number of rotatable bonds is 3. The van der Waals surface area contributed by atoms with E-state index in [1.54, 1.807) is 0 Å². The SMILES string of the molecule is O=C1CC(Br)CN1C1CCN(Cc2cccs2)CC1. The highest BCUT2D eigenvalue weighted by atomic mass is 79.9. The second-order valence-electron chi connectivity index (χ2n) is 5.43. The van der Waals surface area contributed by atoms with Crippen molar-refractivity contribution in [2.75, 3.05) is 19.6 Å². The van der Waals surface area contributed by atoms with E-state index in [1.165, 1.54) is 4.88 Å². The van der Waals surface area contributed by atoms with Crippen LogP contribution in [0.1, 0.15) is 24.1 Å². The number of hydrogen-bond donors (Lipinski definition) is 0. The molecule has 0 radical (unpaired) electrons. The van der Waals surface area contributed by atoms with Crippen molar-refractivity contribution in [1.82, 2.24) is 9.80 Å². The maximum atomic E-state index is 11.9. The summed E-state index contributed by atoms with van der Waals surface area (Å²) in [7, 11) is 0. The summed E-state index contributed by atoms with van der Waals surface area (Å²) in [5, 5.41) is 2.14. The van der Waals surface area contributed by atoms with Gasteiger partial charge in [-0.25, -0.2) is 0 Å². The minimum absolute atomic E-state index is 0.332. The molecule has 2 aliphatic rings. The molecule has 1 atom stereocenters. The quantitative estimate of drug-likeness (QED) is 0.788. The van der Waals surface area contributed by atoms with Crippen LogP contribution in [0.4, 0.5) is 0 Å². The topological polar surface area (TPSA) is 23.6 Å². The average Bonchev–Trinajstić information content (AvgIpc) is 3.00. The Morgan fingerprint density at radius 3 is 2.74 bits per heavy atom. The zero-order valence-corrected chi connectivity index (χ0v) is 13.3. The van der Waals surface area contributed by atoms with Crippen LogP contribution < -0.4 is 0 Å². The Morgan fingerprint density at radius 1 is 1.37 bits per heavy atom. The molecule has 1 unspecified atom stereocenters. The lowest BCUT2D eigenvalue weighted by Gasteiger charge is -2.36. The summed E-state index contributed by atoms with van der Waals surface area (Å²) in [6, 6.07) is 4.79. The Bertz CT molecular complexity index is 429. The highest BCUT2D eigenvalue weighted by Gasteiger charge is 2.34. The molecule has 0 aromatic carbocycles. The summed E-state index contributed by atoms with van der Waals surface area (Å²) in [5.41, 5.74) is 0. The molecule has 2 fully saturated rings. The van der Waals surface area contributed by atoms with Gasteiger partial charge in [0.15, 0.2) is 0 Å². The van der Waals surface area contributed by atoms with E-state index in [0.29, 0.717) is 23.2 Å². The molecule has 0 bridgehead atoms. The normalized spacial score (nSPS) is 26.3. The van der Waals surface area contributed by atoms with Gasteiger partial charge < -0.3 is 4.90 Å². The van der Waals surface area contributed by atoms with E-state index in [2.05, 4.69) is 43.2 Å². The zero-order chi connectivity index (χ0) is 13.2. The number of carbonyl (C=O) groups excluding carboxylic acids is 1. The van der Waals surface area contributed by atoms with Crippen LogP contribution in [0.25, 0.3) is 0 Å². The van der Waals surface area contributed by atoms with Crippen LogP contribution in [0.3, 0.4) is 0 Å². The summed E-state index contributed by atoms with van der Waals surface area (Å²) in [5.74, 6) is 0.332. The van der Waals surface area contributed by atoms with Crippen LogP contribution in [0, 0.1) is 0 Å². The average molecular weight is 343 g/mol. The first-order valence-electron chi connectivity index (χ1n) is 6.90. The van der Waals surface area contributed by atoms with Crippen molar-refractivity contribution in [2.24, 2.45) is 0 Å². The number of piperidine rings is 1. The van der Waals surface area contributed by atoms with E-state index in [9.17, 15) is 4.79 Å². The van der Waals surface area contributed by atoms with Crippen molar-refractivity contribution in [3.05, 3.63) is 22.4 Å². The van der Waals surface area contributed by atoms with Crippen LogP contribution in [0.15, 0.2) is 17.5 Å². The Kier molecular flexibility index (Phi) is 4.24. The molecule has 3 rings (SSSR count). The summed E-state index contributed by atoms with van der Waals surface area (Å²) in [4.78, 5) is 18.3. The van der Waals surface area contributed by atoms with E-state index in [0.717, 1.165) is 39.0 Å². The lowest BCUT2D eigenvalue weighted by atomic mass is 10.0. The molecular formula is C14H19BrN2OS. The number of halogens is 1. The van der Waals surface area contributed by atoms with Gasteiger partial charge in [0.25, 0.3) is 0 Å². The molecule has 104 valence electrons. The first-order valence-corrected chi connectivity index (χ1v) is 8.70. The number of hydrogen-bond acceptors (Lipinski definition) is 3. The lowest BCUT2D eigenvalue weighted by Crippen LogP contribution is -2.45. The Labute approximate surface area is 126 Å². The van der Waals surface area contributed by atoms with Gasteiger partial charge in [-0.1, -0.05) is 22.0 Å². The number of carbonyl (C=O) groups is 1. The summed E-state index contributed by atoms with van der Waals surface area (Å²) in [6.45, 7) is 4.19. The van der Waals surface area contributed by atoms with Crippen molar-refractivity contribution in [3.63, 3.8) is 0 Å². The van der Waals surface area contributed by atoms with Crippen molar-refractivity contribution >= 4 is 33.2 Å². The van der Waals surface area contributed by atoms with E-state index >= 15 is 0 Å². The molecule has 1 aromatic heterocycles. The van der Waals surface area contributed by atoms with Crippen LogP contribution in [-0.4, -0.2) is 46.2 Å². The van der Waals surface area contributed by atoms with Gasteiger partial charge in [0, 0.05) is 48.3 Å². The molecule has 1 aromatic rings. The number of alkyl halides is 1. The molecule has 0 N–H and O–H groups in total. The first kappa shape index (κ1) is 13.6.